The molecule has 37 heavy (non-hydrogen) atoms. The van der Waals surface area contributed by atoms with E-state index in [-0.39, 0.29) is 21.3 Å². The first kappa shape index (κ1) is 27.3. The zero-order valence-electron chi connectivity index (χ0n) is 21.2. The molecule has 1 atom stereocenters. The van der Waals surface area contributed by atoms with Crippen LogP contribution in [-0.4, -0.2) is 28.7 Å². The molecule has 196 valence electrons. The second-order valence-corrected chi connectivity index (χ2v) is 12.7. The van der Waals surface area contributed by atoms with E-state index in [1.165, 1.54) is 6.07 Å². The van der Waals surface area contributed by atoms with Crippen molar-refractivity contribution in [3.63, 3.8) is 0 Å². The van der Waals surface area contributed by atoms with Crippen LogP contribution in [-0.2, 0) is 17.1 Å². The van der Waals surface area contributed by atoms with Gasteiger partial charge in [-0.2, -0.15) is 5.10 Å². The fraction of sp³-hybridized carbons (Fsp3) is 0.320. The van der Waals surface area contributed by atoms with Crippen molar-refractivity contribution < 1.29 is 12.8 Å². The van der Waals surface area contributed by atoms with Crippen molar-refractivity contribution in [3.8, 4) is 11.3 Å². The summed E-state index contributed by atoms with van der Waals surface area (Å²) in [6.45, 7) is 8.95. The summed E-state index contributed by atoms with van der Waals surface area (Å²) >= 11 is 9.46. The number of aryl methyl sites for hydroxylation is 2. The molecule has 3 aromatic heterocycles. The predicted molar refractivity (Wildman–Crippen MR) is 148 cm³/mol. The number of sulfonamides is 1. The Balaban J connectivity index is 1.85. The number of rotatable bonds is 6. The Hall–Kier alpha value is -2.73. The Labute approximate surface area is 228 Å². The minimum absolute atomic E-state index is 0.0467. The first-order valence-electron chi connectivity index (χ1n) is 11.4. The Morgan fingerprint density at radius 1 is 1.22 bits per heavy atom. The highest BCUT2D eigenvalue weighted by Crippen LogP contribution is 2.35. The van der Waals surface area contributed by atoms with Crippen LogP contribution in [0.5, 0.6) is 0 Å². The number of fused-ring (bicyclic) bond motifs is 1. The van der Waals surface area contributed by atoms with Crippen molar-refractivity contribution in [2.45, 2.75) is 51.2 Å². The maximum atomic E-state index is 13.3. The molecule has 0 aliphatic heterocycles. The summed E-state index contributed by atoms with van der Waals surface area (Å²) in [6, 6.07) is 6.27. The lowest BCUT2D eigenvalue weighted by Crippen LogP contribution is -2.41. The van der Waals surface area contributed by atoms with Gasteiger partial charge < -0.3 is 9.73 Å². The summed E-state index contributed by atoms with van der Waals surface area (Å²) in [5.41, 5.74) is 1.87. The molecular formula is C25H27BrClN5O4S. The van der Waals surface area contributed by atoms with Crippen LogP contribution in [0.4, 0.5) is 5.69 Å². The third kappa shape index (κ3) is 5.74. The average Bonchev–Trinajstić information content (AvgIpc) is 3.21. The third-order valence-corrected chi connectivity index (χ3v) is 8.07. The number of benzene rings is 1. The molecule has 0 saturated heterocycles. The molecule has 12 heteroatoms. The molecule has 0 amide bonds. The van der Waals surface area contributed by atoms with Gasteiger partial charge in [0.05, 0.1) is 28.9 Å². The number of anilines is 1. The van der Waals surface area contributed by atoms with E-state index in [0.29, 0.717) is 32.3 Å². The van der Waals surface area contributed by atoms with Gasteiger partial charge in [-0.25, -0.2) is 18.1 Å². The first-order valence-corrected chi connectivity index (χ1v) is 14.0. The number of pyridine rings is 1. The number of aromatic nitrogens is 3. The molecule has 2 N–H and O–H groups in total. The Morgan fingerprint density at radius 3 is 2.54 bits per heavy atom. The van der Waals surface area contributed by atoms with E-state index < -0.39 is 21.6 Å². The number of halogens is 2. The summed E-state index contributed by atoms with van der Waals surface area (Å²) < 4.78 is 37.1. The first-order chi connectivity index (χ1) is 17.2. The largest absolute Gasteiger partial charge is 0.454 e. The van der Waals surface area contributed by atoms with E-state index in [1.807, 2.05) is 19.9 Å². The highest BCUT2D eigenvalue weighted by Gasteiger charge is 2.28. The molecule has 0 aliphatic rings. The monoisotopic (exact) mass is 607 g/mol. The van der Waals surface area contributed by atoms with E-state index in [4.69, 9.17) is 16.0 Å². The standard InChI is InChI=1S/C25H27BrClN5O4S/c1-13-9-16(23-17(10-13)21(33)20(26)22(36-23)15-11-28-32(6)12-15)14(2)29-18-7-8-19(27)30-24(18)37(34,35)31-25(3,4)5/h7-12,14,29,31H,1-6H3. The summed E-state index contributed by atoms with van der Waals surface area (Å²) in [5, 5.41) is 7.64. The molecule has 9 nitrogen and oxygen atoms in total. The summed E-state index contributed by atoms with van der Waals surface area (Å²) in [4.78, 5) is 17.4. The minimum Gasteiger partial charge on any atom is -0.454 e. The van der Waals surface area contributed by atoms with Crippen LogP contribution in [0.15, 0.2) is 55.4 Å². The van der Waals surface area contributed by atoms with E-state index in [2.05, 4.69) is 36.1 Å². The quantitative estimate of drug-likeness (QED) is 0.275. The average molecular weight is 609 g/mol. The summed E-state index contributed by atoms with van der Waals surface area (Å²) in [6.07, 6.45) is 3.37. The van der Waals surface area contributed by atoms with Crippen molar-refractivity contribution in [3.05, 3.63) is 67.6 Å². The van der Waals surface area contributed by atoms with Crippen LogP contribution in [0.25, 0.3) is 22.3 Å². The molecule has 4 rings (SSSR count). The Kier molecular flexibility index (Phi) is 7.28. The van der Waals surface area contributed by atoms with Gasteiger partial charge in [0.25, 0.3) is 10.0 Å². The SMILES string of the molecule is Cc1cc(C(C)Nc2ccc(Cl)nc2S(=O)(=O)NC(C)(C)C)c2oc(-c3cnn(C)c3)c(Br)c(=O)c2c1. The minimum atomic E-state index is -4.00. The molecule has 3 heterocycles. The number of hydrogen-bond donors (Lipinski definition) is 2. The zero-order chi connectivity index (χ0) is 27.3. The molecular weight excluding hydrogens is 582 g/mol. The second-order valence-electron chi connectivity index (χ2n) is 9.92. The van der Waals surface area contributed by atoms with Crippen LogP contribution in [0.1, 0.15) is 44.9 Å². The summed E-state index contributed by atoms with van der Waals surface area (Å²) in [7, 11) is -2.22. The number of nitrogens with zero attached hydrogens (tertiary/aromatic N) is 3. The topological polar surface area (TPSA) is 119 Å². The fourth-order valence-corrected chi connectivity index (χ4v) is 6.25. The van der Waals surface area contributed by atoms with Gasteiger partial charge in [-0.3, -0.25) is 9.48 Å². The zero-order valence-corrected chi connectivity index (χ0v) is 24.3. The molecule has 0 fully saturated rings. The van der Waals surface area contributed by atoms with Gasteiger partial charge in [0, 0.05) is 24.3 Å². The van der Waals surface area contributed by atoms with Gasteiger partial charge in [-0.15, -0.1) is 0 Å². The number of hydrogen-bond acceptors (Lipinski definition) is 7. The van der Waals surface area contributed by atoms with E-state index in [9.17, 15) is 13.2 Å². The maximum absolute atomic E-state index is 13.3. The molecule has 0 radical (unpaired) electrons. The van der Waals surface area contributed by atoms with Gasteiger partial charge in [0.15, 0.2) is 10.8 Å². The Bertz CT molecular complexity index is 1680. The van der Waals surface area contributed by atoms with E-state index >= 15 is 0 Å². The predicted octanol–water partition coefficient (Wildman–Crippen LogP) is 5.56. The highest BCUT2D eigenvalue weighted by atomic mass is 79.9. The van der Waals surface area contributed by atoms with Crippen LogP contribution in [0.2, 0.25) is 5.15 Å². The van der Waals surface area contributed by atoms with Gasteiger partial charge in [0.1, 0.15) is 15.2 Å². The van der Waals surface area contributed by atoms with Gasteiger partial charge >= 0.3 is 0 Å². The highest BCUT2D eigenvalue weighted by molar-refractivity contribution is 9.10. The molecule has 0 aliphatic carbocycles. The van der Waals surface area contributed by atoms with Gasteiger partial charge in [-0.05, 0) is 74.3 Å². The van der Waals surface area contributed by atoms with Crippen LogP contribution in [0.3, 0.4) is 0 Å². The van der Waals surface area contributed by atoms with Gasteiger partial charge in [0.2, 0.25) is 5.43 Å². The molecule has 0 bridgehead atoms. The van der Waals surface area contributed by atoms with Gasteiger partial charge in [-0.1, -0.05) is 17.7 Å². The van der Waals surface area contributed by atoms with E-state index in [0.717, 1.165) is 5.56 Å². The Morgan fingerprint density at radius 2 is 1.92 bits per heavy atom. The summed E-state index contributed by atoms with van der Waals surface area (Å²) in [5.74, 6) is 0.355. The van der Waals surface area contributed by atoms with Crippen molar-refractivity contribution in [2.24, 2.45) is 7.05 Å². The molecule has 4 aromatic rings. The molecule has 1 unspecified atom stereocenters. The van der Waals surface area contributed by atoms with Crippen molar-refractivity contribution in [1.82, 2.24) is 19.5 Å². The molecule has 1 aromatic carbocycles. The van der Waals surface area contributed by atoms with Crippen LogP contribution < -0.4 is 15.5 Å². The van der Waals surface area contributed by atoms with Crippen molar-refractivity contribution in [1.29, 1.82) is 0 Å². The number of nitrogens with one attached hydrogen (secondary N) is 2. The van der Waals surface area contributed by atoms with Crippen LogP contribution in [0, 0.1) is 6.92 Å². The van der Waals surface area contributed by atoms with Crippen molar-refractivity contribution in [2.75, 3.05) is 5.32 Å². The smallest absolute Gasteiger partial charge is 0.260 e. The lowest BCUT2D eigenvalue weighted by molar-refractivity contribution is 0.490. The third-order valence-electron chi connectivity index (χ3n) is 5.44. The second kappa shape index (κ2) is 9.86. The maximum Gasteiger partial charge on any atom is 0.260 e. The fourth-order valence-electron chi connectivity index (χ4n) is 3.99. The molecule has 0 saturated carbocycles. The lowest BCUT2D eigenvalue weighted by Gasteiger charge is -2.23. The normalized spacial score (nSPS) is 13.2. The lowest BCUT2D eigenvalue weighted by atomic mass is 10.0. The van der Waals surface area contributed by atoms with E-state index in [1.54, 1.807) is 57.0 Å². The van der Waals surface area contributed by atoms with Crippen molar-refractivity contribution >= 4 is 54.2 Å². The molecule has 0 spiro atoms. The van der Waals surface area contributed by atoms with Crippen LogP contribution >= 0.6 is 27.5 Å².